The summed E-state index contributed by atoms with van der Waals surface area (Å²) in [5, 5.41) is 12.8. The number of aromatic hydroxyl groups is 1. The van der Waals surface area contributed by atoms with E-state index in [1.54, 1.807) is 30.3 Å². The van der Waals surface area contributed by atoms with E-state index in [2.05, 4.69) is 23.1 Å². The molecule has 22 heavy (non-hydrogen) atoms. The third kappa shape index (κ3) is 2.63. The van der Waals surface area contributed by atoms with Crippen LogP contribution in [0.4, 0.5) is 5.69 Å². The van der Waals surface area contributed by atoms with Gasteiger partial charge in [0, 0.05) is 11.1 Å². The lowest BCUT2D eigenvalue weighted by Gasteiger charge is -2.12. The molecule has 0 aliphatic carbocycles. The van der Waals surface area contributed by atoms with E-state index < -0.39 is 5.91 Å². The van der Waals surface area contributed by atoms with E-state index in [-0.39, 0.29) is 22.6 Å². The van der Waals surface area contributed by atoms with Gasteiger partial charge in [-0.25, -0.2) is 0 Å². The van der Waals surface area contributed by atoms with Gasteiger partial charge in [0.25, 0.3) is 5.91 Å². The van der Waals surface area contributed by atoms with Crippen molar-refractivity contribution in [2.45, 2.75) is 0 Å². The maximum atomic E-state index is 12.2. The van der Waals surface area contributed by atoms with Gasteiger partial charge in [-0.3, -0.25) is 4.79 Å². The first-order valence-electron chi connectivity index (χ1n) is 6.28. The molecule has 0 spiro atoms. The molecule has 0 saturated heterocycles. The molecule has 0 heterocycles. The zero-order valence-corrected chi connectivity index (χ0v) is 11.6. The van der Waals surface area contributed by atoms with E-state index >= 15 is 0 Å². The first kappa shape index (κ1) is 14.8. The highest BCUT2D eigenvalue weighted by atomic mass is 16.3. The molecule has 0 radical (unpaired) electrons. The van der Waals surface area contributed by atoms with Gasteiger partial charge in [-0.05, 0) is 18.2 Å². The van der Waals surface area contributed by atoms with Crippen molar-refractivity contribution in [3.8, 4) is 42.8 Å². The van der Waals surface area contributed by atoms with E-state index in [9.17, 15) is 9.90 Å². The summed E-state index contributed by atoms with van der Waals surface area (Å²) >= 11 is 0. The Bertz CT molecular complexity index is 860. The van der Waals surface area contributed by atoms with E-state index in [0.29, 0.717) is 11.1 Å². The Morgan fingerprint density at radius 2 is 1.64 bits per heavy atom. The lowest BCUT2D eigenvalue weighted by molar-refractivity contribution is 0.102. The summed E-state index contributed by atoms with van der Waals surface area (Å²) in [6, 6.07) is 9.97. The number of carbonyl (C=O) groups excluding carboxylic acids is 1. The number of nitrogens with one attached hydrogen (secondary N) is 1. The van der Waals surface area contributed by atoms with Gasteiger partial charge in [0.15, 0.2) is 5.75 Å². The number of amides is 1. The third-order valence-corrected chi connectivity index (χ3v) is 3.03. The molecular weight excluding hydrogens is 274 g/mol. The van der Waals surface area contributed by atoms with Gasteiger partial charge >= 0.3 is 0 Å². The molecule has 0 saturated carbocycles. The van der Waals surface area contributed by atoms with Crippen molar-refractivity contribution in [3.63, 3.8) is 0 Å². The monoisotopic (exact) mass is 285 g/mol. The summed E-state index contributed by atoms with van der Waals surface area (Å²) in [5.41, 5.74) is 1.22. The summed E-state index contributed by atoms with van der Waals surface area (Å²) in [4.78, 5) is 12.2. The molecule has 3 nitrogen and oxygen atoms in total. The number of phenolic OH excluding ortho intramolecular Hbond substituents is 1. The first-order valence-corrected chi connectivity index (χ1v) is 6.28. The normalized spacial score (nSPS) is 9.14. The number of phenols is 1. The molecule has 0 aromatic heterocycles. The van der Waals surface area contributed by atoms with Crippen LogP contribution in [-0.4, -0.2) is 11.0 Å². The molecular formula is C19H11NO2. The Labute approximate surface area is 129 Å². The molecule has 2 aromatic carbocycles. The van der Waals surface area contributed by atoms with Crippen LogP contribution in [0.25, 0.3) is 0 Å². The molecule has 1 amide bonds. The SMILES string of the molecule is C#Cc1cc(NC(=O)c2ccccc2)c(O)c(C#C)c1C#C. The van der Waals surface area contributed by atoms with Crippen molar-refractivity contribution in [2.24, 2.45) is 0 Å². The standard InChI is InChI=1S/C19H11NO2/c1-4-13-12-17(18(21)16(6-3)15(13)5-2)20-19(22)14-10-8-7-9-11-14/h1-3,7-12,21H,(H,20,22). The lowest BCUT2D eigenvalue weighted by Crippen LogP contribution is -2.12. The lowest BCUT2D eigenvalue weighted by atomic mass is 9.99. The Morgan fingerprint density at radius 1 is 1.00 bits per heavy atom. The Kier molecular flexibility index (Phi) is 4.19. The minimum absolute atomic E-state index is 0.0845. The quantitative estimate of drug-likeness (QED) is 0.658. The number of rotatable bonds is 2. The number of carbonyl (C=O) groups is 1. The number of benzene rings is 2. The average molecular weight is 285 g/mol. The summed E-state index contributed by atoms with van der Waals surface area (Å²) in [7, 11) is 0. The largest absolute Gasteiger partial charge is 0.504 e. The van der Waals surface area contributed by atoms with Gasteiger partial charge in [0.1, 0.15) is 0 Å². The van der Waals surface area contributed by atoms with Crippen molar-refractivity contribution in [1.82, 2.24) is 0 Å². The second-order valence-electron chi connectivity index (χ2n) is 4.32. The number of hydrogen-bond acceptors (Lipinski definition) is 2. The Hall–Kier alpha value is -3.61. The zero-order valence-electron chi connectivity index (χ0n) is 11.6. The molecule has 0 fully saturated rings. The first-order chi connectivity index (χ1) is 10.6. The molecule has 104 valence electrons. The second-order valence-corrected chi connectivity index (χ2v) is 4.32. The van der Waals surface area contributed by atoms with Crippen LogP contribution in [0, 0.1) is 37.0 Å². The van der Waals surface area contributed by atoms with Crippen molar-refractivity contribution in [3.05, 3.63) is 58.7 Å². The van der Waals surface area contributed by atoms with Crippen LogP contribution in [-0.2, 0) is 0 Å². The fourth-order valence-electron chi connectivity index (χ4n) is 1.96. The van der Waals surface area contributed by atoms with Crippen LogP contribution >= 0.6 is 0 Å². The Balaban J connectivity index is 2.50. The summed E-state index contributed by atoms with van der Waals surface area (Å²) in [6.45, 7) is 0. The van der Waals surface area contributed by atoms with Crippen molar-refractivity contribution in [1.29, 1.82) is 0 Å². The van der Waals surface area contributed by atoms with Crippen LogP contribution in [0.2, 0.25) is 0 Å². The van der Waals surface area contributed by atoms with E-state index in [1.165, 1.54) is 6.07 Å². The number of terminal acetylenes is 3. The molecule has 0 bridgehead atoms. The van der Waals surface area contributed by atoms with Gasteiger partial charge in [-0.2, -0.15) is 0 Å². The van der Waals surface area contributed by atoms with Crippen molar-refractivity contribution in [2.75, 3.05) is 5.32 Å². The molecule has 0 aliphatic rings. The van der Waals surface area contributed by atoms with Crippen LogP contribution in [0.1, 0.15) is 27.0 Å². The highest BCUT2D eigenvalue weighted by Crippen LogP contribution is 2.32. The van der Waals surface area contributed by atoms with Crippen LogP contribution < -0.4 is 5.32 Å². The fraction of sp³-hybridized carbons (Fsp3) is 0. The number of anilines is 1. The highest BCUT2D eigenvalue weighted by Gasteiger charge is 2.16. The van der Waals surface area contributed by atoms with Gasteiger partial charge in [0.05, 0.1) is 16.8 Å². The number of hydrogen-bond donors (Lipinski definition) is 2. The minimum atomic E-state index is -0.393. The van der Waals surface area contributed by atoms with Crippen LogP contribution in [0.15, 0.2) is 36.4 Å². The molecule has 0 atom stereocenters. The molecule has 0 unspecified atom stereocenters. The summed E-state index contributed by atoms with van der Waals surface area (Å²) in [5.74, 6) is 6.39. The molecule has 2 aromatic rings. The van der Waals surface area contributed by atoms with Crippen molar-refractivity contribution < 1.29 is 9.90 Å². The summed E-state index contributed by atoms with van der Waals surface area (Å²) in [6.07, 6.45) is 16.2. The predicted octanol–water partition coefficient (Wildman–Crippen LogP) is 2.59. The molecule has 2 rings (SSSR count). The zero-order chi connectivity index (χ0) is 16.1. The van der Waals surface area contributed by atoms with Crippen molar-refractivity contribution >= 4 is 11.6 Å². The molecule has 3 heteroatoms. The smallest absolute Gasteiger partial charge is 0.255 e. The highest BCUT2D eigenvalue weighted by molar-refractivity contribution is 6.05. The predicted molar refractivity (Wildman–Crippen MR) is 86.3 cm³/mol. The maximum absolute atomic E-state index is 12.2. The minimum Gasteiger partial charge on any atom is -0.504 e. The van der Waals surface area contributed by atoms with Gasteiger partial charge in [-0.1, -0.05) is 36.0 Å². The third-order valence-electron chi connectivity index (χ3n) is 3.03. The Morgan fingerprint density at radius 3 is 2.18 bits per heavy atom. The van der Waals surface area contributed by atoms with Gasteiger partial charge in [-0.15, -0.1) is 19.3 Å². The van der Waals surface area contributed by atoms with E-state index in [1.807, 2.05) is 0 Å². The summed E-state index contributed by atoms with van der Waals surface area (Å²) < 4.78 is 0. The van der Waals surface area contributed by atoms with Crippen LogP contribution in [0.5, 0.6) is 5.75 Å². The second kappa shape index (κ2) is 6.23. The van der Waals surface area contributed by atoms with Gasteiger partial charge < -0.3 is 10.4 Å². The van der Waals surface area contributed by atoms with E-state index in [0.717, 1.165) is 0 Å². The average Bonchev–Trinajstić information content (AvgIpc) is 2.56. The topological polar surface area (TPSA) is 49.3 Å². The molecule has 0 aliphatic heterocycles. The molecule has 2 N–H and O–H groups in total. The maximum Gasteiger partial charge on any atom is 0.255 e. The van der Waals surface area contributed by atoms with E-state index in [4.69, 9.17) is 19.3 Å². The van der Waals surface area contributed by atoms with Crippen LogP contribution in [0.3, 0.4) is 0 Å². The fourth-order valence-corrected chi connectivity index (χ4v) is 1.96. The van der Waals surface area contributed by atoms with Gasteiger partial charge in [0.2, 0.25) is 0 Å².